The number of aliphatic hydroxyl groups excluding tert-OH is 1. The van der Waals surface area contributed by atoms with Crippen molar-refractivity contribution in [3.8, 4) is 0 Å². The van der Waals surface area contributed by atoms with Crippen molar-refractivity contribution in [3.05, 3.63) is 35.9 Å². The van der Waals surface area contributed by atoms with Gasteiger partial charge in [-0.1, -0.05) is 30.3 Å². The molecule has 5 N–H and O–H groups in total. The maximum atomic E-state index is 13.8. The molecule has 1 rings (SSSR count). The van der Waals surface area contributed by atoms with Gasteiger partial charge in [0.05, 0.1) is 6.42 Å². The van der Waals surface area contributed by atoms with E-state index in [0.29, 0.717) is 5.56 Å². The Morgan fingerprint density at radius 3 is 2.41 bits per heavy atom. The zero-order chi connectivity index (χ0) is 16.8. The van der Waals surface area contributed by atoms with E-state index in [4.69, 9.17) is 10.8 Å². The summed E-state index contributed by atoms with van der Waals surface area (Å²) in [5, 5.41) is 19.8. The van der Waals surface area contributed by atoms with E-state index in [9.17, 15) is 23.5 Å². The van der Waals surface area contributed by atoms with Crippen molar-refractivity contribution in [2.75, 3.05) is 6.54 Å². The Morgan fingerprint density at radius 1 is 1.27 bits per heavy atom. The van der Waals surface area contributed by atoms with Crippen LogP contribution in [0, 0.1) is 0 Å². The van der Waals surface area contributed by atoms with Gasteiger partial charge < -0.3 is 21.3 Å². The molecule has 1 aromatic carbocycles. The zero-order valence-electron chi connectivity index (χ0n) is 11.7. The monoisotopic (exact) mass is 316 g/mol. The Balaban J connectivity index is 2.61. The number of carboxylic acids is 1. The van der Waals surface area contributed by atoms with E-state index in [2.05, 4.69) is 0 Å². The highest BCUT2D eigenvalue weighted by Crippen LogP contribution is 2.22. The molecule has 0 aromatic heterocycles. The molecule has 1 aromatic rings. The van der Waals surface area contributed by atoms with Gasteiger partial charge in [0, 0.05) is 12.6 Å². The van der Waals surface area contributed by atoms with Crippen molar-refractivity contribution in [1.82, 2.24) is 5.32 Å². The number of amides is 1. The fourth-order valence-corrected chi connectivity index (χ4v) is 1.80. The first-order chi connectivity index (χ1) is 10.2. The number of aliphatic hydroxyl groups is 1. The van der Waals surface area contributed by atoms with Crippen molar-refractivity contribution >= 4 is 11.9 Å². The number of hydrogen-bond acceptors (Lipinski definition) is 4. The van der Waals surface area contributed by atoms with Crippen LogP contribution in [-0.4, -0.2) is 46.7 Å². The molecule has 0 saturated heterocycles. The third kappa shape index (κ3) is 5.05. The number of nitrogens with one attached hydrogen (secondary N) is 1. The second-order valence-electron chi connectivity index (χ2n) is 4.82. The van der Waals surface area contributed by atoms with Crippen molar-refractivity contribution in [3.63, 3.8) is 0 Å². The number of aliphatic carboxylic acids is 1. The zero-order valence-corrected chi connectivity index (χ0v) is 11.7. The Hall–Kier alpha value is -2.06. The lowest BCUT2D eigenvalue weighted by molar-refractivity contribution is -0.165. The molecular weight excluding hydrogens is 298 g/mol. The lowest BCUT2D eigenvalue weighted by atomic mass is 9.97. The smallest absolute Gasteiger partial charge is 0.351 e. The number of benzene rings is 1. The van der Waals surface area contributed by atoms with Crippen LogP contribution in [0.2, 0.25) is 0 Å². The van der Waals surface area contributed by atoms with Crippen LogP contribution >= 0.6 is 0 Å². The normalized spacial score (nSPS) is 14.2. The summed E-state index contributed by atoms with van der Waals surface area (Å²) in [5.74, 6) is -7.08. The Morgan fingerprint density at radius 2 is 1.86 bits per heavy atom. The van der Waals surface area contributed by atoms with Gasteiger partial charge in [-0.2, -0.15) is 8.78 Å². The van der Waals surface area contributed by atoms with Crippen molar-refractivity contribution < 1.29 is 28.6 Å². The standard InChI is InChI=1S/C14H18F2N2O4/c15-14(16,13(22)18-7-6-11(19)20)12(21)10(17)8-9-4-2-1-3-5-9/h1-5,10,12,21H,6-8,17H2,(H,18,22)(H,19,20). The summed E-state index contributed by atoms with van der Waals surface area (Å²) in [4.78, 5) is 21.6. The number of alkyl halides is 2. The number of carboxylic acid groups (broad SMARTS) is 1. The van der Waals surface area contributed by atoms with E-state index in [1.807, 2.05) is 0 Å². The lowest BCUT2D eigenvalue weighted by Crippen LogP contribution is -2.56. The topological polar surface area (TPSA) is 113 Å². The highest BCUT2D eigenvalue weighted by molar-refractivity contribution is 5.84. The first-order valence-electron chi connectivity index (χ1n) is 6.60. The number of rotatable bonds is 8. The molecular formula is C14H18F2N2O4. The van der Waals surface area contributed by atoms with Crippen LogP contribution in [0.3, 0.4) is 0 Å². The van der Waals surface area contributed by atoms with E-state index in [1.54, 1.807) is 35.6 Å². The summed E-state index contributed by atoms with van der Waals surface area (Å²) in [6, 6.07) is 7.13. The molecule has 0 aliphatic rings. The van der Waals surface area contributed by atoms with Crippen LogP contribution in [0.4, 0.5) is 8.78 Å². The van der Waals surface area contributed by atoms with Gasteiger partial charge in [0.25, 0.3) is 5.91 Å². The fourth-order valence-electron chi connectivity index (χ4n) is 1.80. The van der Waals surface area contributed by atoms with Gasteiger partial charge in [0.15, 0.2) is 0 Å². The van der Waals surface area contributed by atoms with Gasteiger partial charge in [0.2, 0.25) is 0 Å². The fraction of sp³-hybridized carbons (Fsp3) is 0.429. The minimum atomic E-state index is -4.10. The average molecular weight is 316 g/mol. The number of halogens is 2. The molecule has 1 amide bonds. The summed E-state index contributed by atoms with van der Waals surface area (Å²) < 4.78 is 27.6. The van der Waals surface area contributed by atoms with E-state index in [1.165, 1.54) is 0 Å². The van der Waals surface area contributed by atoms with Crippen molar-refractivity contribution in [1.29, 1.82) is 0 Å². The third-order valence-corrected chi connectivity index (χ3v) is 3.02. The molecule has 0 fully saturated rings. The Labute approximate surface area is 125 Å². The van der Waals surface area contributed by atoms with Crippen molar-refractivity contribution in [2.45, 2.75) is 30.9 Å². The van der Waals surface area contributed by atoms with Gasteiger partial charge >= 0.3 is 11.9 Å². The molecule has 0 saturated carbocycles. The van der Waals surface area contributed by atoms with E-state index in [0.717, 1.165) is 0 Å². The van der Waals surface area contributed by atoms with Gasteiger partial charge in [-0.15, -0.1) is 0 Å². The molecule has 2 unspecified atom stereocenters. The SMILES string of the molecule is NC(Cc1ccccc1)C(O)C(F)(F)C(=O)NCCC(=O)O. The highest BCUT2D eigenvalue weighted by atomic mass is 19.3. The van der Waals surface area contributed by atoms with E-state index < -0.39 is 42.9 Å². The largest absolute Gasteiger partial charge is 0.481 e. The second kappa shape index (κ2) is 7.81. The minimum Gasteiger partial charge on any atom is -0.481 e. The molecule has 0 bridgehead atoms. The number of hydrogen-bond donors (Lipinski definition) is 4. The molecule has 0 heterocycles. The average Bonchev–Trinajstić information content (AvgIpc) is 2.46. The van der Waals surface area contributed by atoms with Crippen LogP contribution in [-0.2, 0) is 16.0 Å². The third-order valence-electron chi connectivity index (χ3n) is 3.02. The van der Waals surface area contributed by atoms with Gasteiger partial charge in [-0.3, -0.25) is 9.59 Å². The summed E-state index contributed by atoms with van der Waals surface area (Å²) in [7, 11) is 0. The van der Waals surface area contributed by atoms with E-state index in [-0.39, 0.29) is 6.42 Å². The maximum absolute atomic E-state index is 13.8. The summed E-state index contributed by atoms with van der Waals surface area (Å²) in [6.07, 6.45) is -2.90. The molecule has 8 heteroatoms. The van der Waals surface area contributed by atoms with Crippen molar-refractivity contribution in [2.24, 2.45) is 5.73 Å². The van der Waals surface area contributed by atoms with Gasteiger partial charge in [-0.25, -0.2) is 0 Å². The van der Waals surface area contributed by atoms with Gasteiger partial charge in [0.1, 0.15) is 6.10 Å². The van der Waals surface area contributed by atoms with Crippen LogP contribution in [0.15, 0.2) is 30.3 Å². The maximum Gasteiger partial charge on any atom is 0.351 e. The number of carbonyl (C=O) groups excluding carboxylic acids is 1. The summed E-state index contributed by atoms with van der Waals surface area (Å²) in [5.41, 5.74) is 6.20. The Kier molecular flexibility index (Phi) is 6.39. The van der Waals surface area contributed by atoms with Gasteiger partial charge in [-0.05, 0) is 12.0 Å². The minimum absolute atomic E-state index is 0.0278. The first kappa shape index (κ1) is 18.0. The second-order valence-corrected chi connectivity index (χ2v) is 4.82. The molecule has 0 aliphatic heterocycles. The molecule has 0 aliphatic carbocycles. The number of nitrogens with two attached hydrogens (primary N) is 1. The Bertz CT molecular complexity index is 511. The molecule has 2 atom stereocenters. The van der Waals surface area contributed by atoms with E-state index >= 15 is 0 Å². The quantitative estimate of drug-likeness (QED) is 0.545. The molecule has 6 nitrogen and oxygen atoms in total. The summed E-state index contributed by atoms with van der Waals surface area (Å²) in [6.45, 7) is -0.454. The van der Waals surface area contributed by atoms with Crippen LogP contribution < -0.4 is 11.1 Å². The number of carbonyl (C=O) groups is 2. The summed E-state index contributed by atoms with van der Waals surface area (Å²) >= 11 is 0. The highest BCUT2D eigenvalue weighted by Gasteiger charge is 2.48. The van der Waals surface area contributed by atoms with Crippen LogP contribution in [0.1, 0.15) is 12.0 Å². The first-order valence-corrected chi connectivity index (χ1v) is 6.60. The molecule has 122 valence electrons. The predicted molar refractivity (Wildman–Crippen MR) is 74.3 cm³/mol. The molecule has 0 spiro atoms. The van der Waals surface area contributed by atoms with Crippen LogP contribution in [0.5, 0.6) is 0 Å². The van der Waals surface area contributed by atoms with Crippen LogP contribution in [0.25, 0.3) is 0 Å². The molecule has 0 radical (unpaired) electrons. The lowest BCUT2D eigenvalue weighted by Gasteiger charge is -2.26. The molecule has 22 heavy (non-hydrogen) atoms. The predicted octanol–water partition coefficient (Wildman–Crippen LogP) is 0.143.